The van der Waals surface area contributed by atoms with E-state index < -0.39 is 10.0 Å². The summed E-state index contributed by atoms with van der Waals surface area (Å²) in [4.78, 5) is 0.160. The molecule has 1 aliphatic heterocycles. The maximum Gasteiger partial charge on any atom is 0.261 e. The average molecular weight is 439 g/mol. The van der Waals surface area contributed by atoms with Crippen molar-refractivity contribution in [2.45, 2.75) is 17.4 Å². The predicted octanol–water partition coefficient (Wildman–Crippen LogP) is 4.46. The largest absolute Gasteiger partial charge is 0.488 e. The minimum atomic E-state index is -3.72. The third-order valence-electron chi connectivity index (χ3n) is 4.56. The molecule has 148 valence electrons. The molecule has 8 heteroatoms. The Kier molecular flexibility index (Phi) is 6.35. The van der Waals surface area contributed by atoms with Gasteiger partial charge in [-0.05, 0) is 49.4 Å². The van der Waals surface area contributed by atoms with Gasteiger partial charge in [0.05, 0.1) is 10.6 Å². The Hall–Kier alpha value is -1.99. The zero-order valence-electron chi connectivity index (χ0n) is 14.9. The maximum absolute atomic E-state index is 12.7. The molecule has 2 N–H and O–H groups in total. The molecule has 5 nitrogen and oxygen atoms in total. The molecule has 1 saturated heterocycles. The van der Waals surface area contributed by atoms with Crippen LogP contribution in [0.3, 0.4) is 0 Å². The van der Waals surface area contributed by atoms with Crippen molar-refractivity contribution in [3.8, 4) is 5.75 Å². The molecule has 0 spiro atoms. The molecule has 3 aromatic rings. The third kappa shape index (κ3) is 4.36. The minimum Gasteiger partial charge on any atom is -0.488 e. The lowest BCUT2D eigenvalue weighted by atomic mass is 10.1. The fourth-order valence-electron chi connectivity index (χ4n) is 3.19. The standard InChI is InChI=1S/C20H19ClN2O3S.ClH/c21-14-5-7-16(8-6-14)27(24,25)23-19-9-10-20(26-15-11-12-22-13-15)18-4-2-1-3-17(18)19;/h1-10,15,22-23H,11-13H2;1H/t15-;/m1./s1. The van der Waals surface area contributed by atoms with Crippen molar-refractivity contribution >= 4 is 50.5 Å². The smallest absolute Gasteiger partial charge is 0.261 e. The van der Waals surface area contributed by atoms with Crippen LogP contribution in [0.2, 0.25) is 5.02 Å². The lowest BCUT2D eigenvalue weighted by molar-refractivity contribution is 0.226. The summed E-state index contributed by atoms with van der Waals surface area (Å²) in [5.74, 6) is 0.758. The van der Waals surface area contributed by atoms with Gasteiger partial charge >= 0.3 is 0 Å². The fraction of sp³-hybridized carbons (Fsp3) is 0.200. The summed E-state index contributed by atoms with van der Waals surface area (Å²) in [5.41, 5.74) is 0.512. The average Bonchev–Trinajstić information content (AvgIpc) is 3.17. The van der Waals surface area contributed by atoms with E-state index >= 15 is 0 Å². The van der Waals surface area contributed by atoms with E-state index in [4.69, 9.17) is 16.3 Å². The molecule has 4 rings (SSSR count). The second kappa shape index (κ2) is 8.57. The summed E-state index contributed by atoms with van der Waals surface area (Å²) < 4.78 is 34.2. The molecular formula is C20H20Cl2N2O3S. The highest BCUT2D eigenvalue weighted by Crippen LogP contribution is 2.33. The van der Waals surface area contributed by atoms with Crippen LogP contribution < -0.4 is 14.8 Å². The van der Waals surface area contributed by atoms with Crippen LogP contribution in [0.25, 0.3) is 10.8 Å². The molecule has 1 fully saturated rings. The van der Waals surface area contributed by atoms with Crippen LogP contribution in [0.15, 0.2) is 65.6 Å². The summed E-state index contributed by atoms with van der Waals surface area (Å²) in [6.07, 6.45) is 1.09. The predicted molar refractivity (Wildman–Crippen MR) is 115 cm³/mol. The second-order valence-corrected chi connectivity index (χ2v) is 8.57. The first-order chi connectivity index (χ1) is 13.0. The molecule has 28 heavy (non-hydrogen) atoms. The first kappa shape index (κ1) is 20.7. The summed E-state index contributed by atoms with van der Waals surface area (Å²) in [6.45, 7) is 1.76. The number of hydrogen-bond donors (Lipinski definition) is 2. The number of fused-ring (bicyclic) bond motifs is 1. The lowest BCUT2D eigenvalue weighted by Gasteiger charge is -2.17. The van der Waals surface area contributed by atoms with Crippen molar-refractivity contribution in [1.29, 1.82) is 0 Å². The van der Waals surface area contributed by atoms with Crippen molar-refractivity contribution in [2.75, 3.05) is 17.8 Å². The fourth-order valence-corrected chi connectivity index (χ4v) is 4.39. The summed E-state index contributed by atoms with van der Waals surface area (Å²) in [7, 11) is -3.72. The van der Waals surface area contributed by atoms with Crippen molar-refractivity contribution in [3.05, 3.63) is 65.7 Å². The molecule has 0 radical (unpaired) electrons. The van der Waals surface area contributed by atoms with Crippen LogP contribution in [0.1, 0.15) is 6.42 Å². The number of anilines is 1. The van der Waals surface area contributed by atoms with Gasteiger partial charge in [0.1, 0.15) is 11.9 Å². The van der Waals surface area contributed by atoms with Gasteiger partial charge in [0.2, 0.25) is 0 Å². The summed E-state index contributed by atoms with van der Waals surface area (Å²) in [5, 5.41) is 5.43. The van der Waals surface area contributed by atoms with Gasteiger partial charge in [-0.3, -0.25) is 4.72 Å². The Morgan fingerprint density at radius 2 is 1.71 bits per heavy atom. The highest BCUT2D eigenvalue weighted by Gasteiger charge is 2.19. The SMILES string of the molecule is Cl.O=S(=O)(Nc1ccc(O[C@@H]2CCNC2)c2ccccc12)c1ccc(Cl)cc1. The quantitative estimate of drug-likeness (QED) is 0.616. The second-order valence-electron chi connectivity index (χ2n) is 6.45. The van der Waals surface area contributed by atoms with Crippen molar-refractivity contribution < 1.29 is 13.2 Å². The van der Waals surface area contributed by atoms with Crippen molar-refractivity contribution in [1.82, 2.24) is 5.32 Å². The van der Waals surface area contributed by atoms with E-state index in [-0.39, 0.29) is 23.4 Å². The number of ether oxygens (including phenoxy) is 1. The number of halogens is 2. The third-order valence-corrected chi connectivity index (χ3v) is 6.19. The van der Waals surface area contributed by atoms with E-state index in [1.54, 1.807) is 18.2 Å². The van der Waals surface area contributed by atoms with E-state index in [1.807, 2.05) is 30.3 Å². The van der Waals surface area contributed by atoms with Crippen LogP contribution in [0.5, 0.6) is 5.75 Å². The molecule has 1 heterocycles. The molecule has 0 aromatic heterocycles. The van der Waals surface area contributed by atoms with Gasteiger partial charge < -0.3 is 10.1 Å². The summed E-state index contributed by atoms with van der Waals surface area (Å²) >= 11 is 5.85. The lowest BCUT2D eigenvalue weighted by Crippen LogP contribution is -2.19. The number of nitrogens with one attached hydrogen (secondary N) is 2. The Morgan fingerprint density at radius 1 is 1.00 bits per heavy atom. The Bertz CT molecular complexity index is 1070. The van der Waals surface area contributed by atoms with Crippen LogP contribution in [0.4, 0.5) is 5.69 Å². The monoisotopic (exact) mass is 438 g/mol. The molecule has 3 aromatic carbocycles. The number of rotatable bonds is 5. The topological polar surface area (TPSA) is 67.4 Å². The molecule has 1 aliphatic rings. The van der Waals surface area contributed by atoms with E-state index in [0.717, 1.165) is 36.0 Å². The van der Waals surface area contributed by atoms with Crippen molar-refractivity contribution in [3.63, 3.8) is 0 Å². The van der Waals surface area contributed by atoms with E-state index in [9.17, 15) is 8.42 Å². The minimum absolute atomic E-state index is 0. The van der Waals surface area contributed by atoms with Gasteiger partial charge in [0.25, 0.3) is 10.0 Å². The number of hydrogen-bond acceptors (Lipinski definition) is 4. The Morgan fingerprint density at radius 3 is 2.39 bits per heavy atom. The van der Waals surface area contributed by atoms with Gasteiger partial charge in [-0.15, -0.1) is 12.4 Å². The van der Waals surface area contributed by atoms with Crippen LogP contribution in [-0.4, -0.2) is 27.6 Å². The number of benzene rings is 3. The molecule has 0 unspecified atom stereocenters. The van der Waals surface area contributed by atoms with E-state index in [0.29, 0.717) is 10.7 Å². The van der Waals surface area contributed by atoms with Crippen molar-refractivity contribution in [2.24, 2.45) is 0 Å². The normalized spacial score (nSPS) is 16.5. The number of sulfonamides is 1. The molecule has 1 atom stereocenters. The zero-order valence-corrected chi connectivity index (χ0v) is 17.3. The molecule has 0 amide bonds. The molecule has 0 saturated carbocycles. The zero-order chi connectivity index (χ0) is 18.9. The first-order valence-electron chi connectivity index (χ1n) is 8.70. The molecule has 0 bridgehead atoms. The van der Waals surface area contributed by atoms with E-state index in [1.165, 1.54) is 12.1 Å². The van der Waals surface area contributed by atoms with Crippen LogP contribution >= 0.6 is 24.0 Å². The van der Waals surface area contributed by atoms with Gasteiger partial charge in [-0.1, -0.05) is 35.9 Å². The van der Waals surface area contributed by atoms with Crippen LogP contribution in [0, 0.1) is 0 Å². The van der Waals surface area contributed by atoms with Crippen LogP contribution in [-0.2, 0) is 10.0 Å². The van der Waals surface area contributed by atoms with Gasteiger partial charge in [-0.2, -0.15) is 0 Å². The Balaban J connectivity index is 0.00000225. The maximum atomic E-state index is 12.7. The summed E-state index contributed by atoms with van der Waals surface area (Å²) in [6, 6.07) is 17.3. The highest BCUT2D eigenvalue weighted by molar-refractivity contribution is 7.92. The molecule has 0 aliphatic carbocycles. The van der Waals surface area contributed by atoms with Gasteiger partial charge in [-0.25, -0.2) is 8.42 Å². The van der Waals surface area contributed by atoms with E-state index in [2.05, 4.69) is 10.0 Å². The Labute approximate surface area is 175 Å². The highest BCUT2D eigenvalue weighted by atomic mass is 35.5. The molecular weight excluding hydrogens is 419 g/mol. The van der Waals surface area contributed by atoms with Gasteiger partial charge in [0, 0.05) is 22.3 Å². The first-order valence-corrected chi connectivity index (χ1v) is 10.6. The van der Waals surface area contributed by atoms with Gasteiger partial charge in [0.15, 0.2) is 0 Å².